The van der Waals surface area contributed by atoms with Gasteiger partial charge >= 0.3 is 0 Å². The van der Waals surface area contributed by atoms with Gasteiger partial charge in [-0.2, -0.15) is 0 Å². The van der Waals surface area contributed by atoms with Crippen molar-refractivity contribution in [2.24, 2.45) is 22.6 Å². The van der Waals surface area contributed by atoms with E-state index in [1.807, 2.05) is 0 Å². The van der Waals surface area contributed by atoms with Crippen LogP contribution in [0.1, 0.15) is 46.5 Å². The van der Waals surface area contributed by atoms with Gasteiger partial charge in [-0.1, -0.05) is 26.7 Å². The Morgan fingerprint density at radius 2 is 1.77 bits per heavy atom. The fourth-order valence-corrected chi connectivity index (χ4v) is 1.93. The molecule has 1 atom stereocenters. The quantitative estimate of drug-likeness (QED) is 0.528. The molecule has 0 aromatic carbocycles. The van der Waals surface area contributed by atoms with Crippen molar-refractivity contribution in [3.63, 3.8) is 0 Å². The van der Waals surface area contributed by atoms with Gasteiger partial charge in [0.1, 0.15) is 0 Å². The highest BCUT2D eigenvalue weighted by Gasteiger charge is 2.21. The van der Waals surface area contributed by atoms with Crippen molar-refractivity contribution in [2.75, 3.05) is 0 Å². The van der Waals surface area contributed by atoms with Crippen molar-refractivity contribution in [1.82, 2.24) is 0 Å². The van der Waals surface area contributed by atoms with Crippen molar-refractivity contribution in [1.29, 1.82) is 0 Å². The number of rotatable bonds is 3. The second-order valence-electron chi connectivity index (χ2n) is 4.49. The molecular weight excluding hydrogens is 160 g/mol. The van der Waals surface area contributed by atoms with Gasteiger partial charge in [0.25, 0.3) is 0 Å². The molecule has 2 N–H and O–H groups in total. The van der Waals surface area contributed by atoms with Gasteiger partial charge in [0.05, 0.1) is 11.9 Å². The van der Waals surface area contributed by atoms with Crippen LogP contribution in [0.3, 0.4) is 0 Å². The highest BCUT2D eigenvalue weighted by atomic mass is 14.9. The van der Waals surface area contributed by atoms with E-state index in [0.717, 1.165) is 11.8 Å². The summed E-state index contributed by atoms with van der Waals surface area (Å²) < 4.78 is 0. The van der Waals surface area contributed by atoms with Gasteiger partial charge in [-0.3, -0.25) is 4.99 Å². The lowest BCUT2D eigenvalue weighted by atomic mass is 10.0. The normalized spacial score (nSPS) is 22.6. The molecule has 0 bridgehead atoms. The van der Waals surface area contributed by atoms with Crippen molar-refractivity contribution in [3.8, 4) is 0 Å². The Morgan fingerprint density at radius 1 is 1.23 bits per heavy atom. The number of hydrogen-bond donors (Lipinski definition) is 1. The van der Waals surface area contributed by atoms with Gasteiger partial charge in [-0.25, -0.2) is 0 Å². The molecule has 1 fully saturated rings. The fraction of sp³-hybridized carbons (Fsp3) is 0.909. The van der Waals surface area contributed by atoms with Gasteiger partial charge in [-0.05, 0) is 25.7 Å². The first-order valence-electron chi connectivity index (χ1n) is 5.44. The summed E-state index contributed by atoms with van der Waals surface area (Å²) in [6, 6.07) is 0.435. The Hall–Kier alpha value is -0.530. The van der Waals surface area contributed by atoms with E-state index in [0.29, 0.717) is 12.0 Å². The summed E-state index contributed by atoms with van der Waals surface area (Å²) in [5, 5.41) is 0. The minimum atomic E-state index is 0.392. The number of nitrogens with zero attached hydrogens (tertiary/aromatic N) is 1. The summed E-state index contributed by atoms with van der Waals surface area (Å²) in [6.07, 6.45) is 5.45. The smallest absolute Gasteiger partial charge is 0.0966 e. The van der Waals surface area contributed by atoms with E-state index in [2.05, 4.69) is 25.8 Å². The van der Waals surface area contributed by atoms with Crippen LogP contribution in [0, 0.1) is 11.8 Å². The van der Waals surface area contributed by atoms with E-state index in [1.165, 1.54) is 25.7 Å². The van der Waals surface area contributed by atoms with E-state index in [4.69, 9.17) is 5.73 Å². The van der Waals surface area contributed by atoms with Crippen molar-refractivity contribution in [2.45, 2.75) is 52.5 Å². The van der Waals surface area contributed by atoms with Crippen LogP contribution in [0.25, 0.3) is 0 Å². The van der Waals surface area contributed by atoms with E-state index in [-0.39, 0.29) is 0 Å². The lowest BCUT2D eigenvalue weighted by Gasteiger charge is -2.16. The Morgan fingerprint density at radius 3 is 2.23 bits per heavy atom. The second-order valence-corrected chi connectivity index (χ2v) is 4.49. The molecule has 0 aliphatic heterocycles. The average molecular weight is 182 g/mol. The summed E-state index contributed by atoms with van der Waals surface area (Å²) in [5.41, 5.74) is 5.84. The molecule has 1 unspecified atom stereocenters. The monoisotopic (exact) mass is 182 g/mol. The van der Waals surface area contributed by atoms with E-state index >= 15 is 0 Å². The third-order valence-corrected chi connectivity index (χ3v) is 3.03. The van der Waals surface area contributed by atoms with Gasteiger partial charge in [0.15, 0.2) is 0 Å². The maximum absolute atomic E-state index is 5.84. The van der Waals surface area contributed by atoms with Gasteiger partial charge in [-0.15, -0.1) is 0 Å². The largest absolute Gasteiger partial charge is 0.387 e. The SMILES string of the molecule is CC(C)C(N)=NC(C)C1CCCC1. The van der Waals surface area contributed by atoms with Crippen LogP contribution < -0.4 is 5.73 Å². The molecule has 13 heavy (non-hydrogen) atoms. The zero-order chi connectivity index (χ0) is 9.84. The summed E-state index contributed by atoms with van der Waals surface area (Å²) in [7, 11) is 0. The maximum atomic E-state index is 5.84. The molecule has 1 saturated carbocycles. The van der Waals surface area contributed by atoms with Crippen LogP contribution in [0.4, 0.5) is 0 Å². The average Bonchev–Trinajstić information content (AvgIpc) is 2.55. The molecule has 0 aromatic rings. The molecule has 76 valence electrons. The standard InChI is InChI=1S/C11H22N2/c1-8(2)11(12)13-9(3)10-6-4-5-7-10/h8-10H,4-7H2,1-3H3,(H2,12,13). The van der Waals surface area contributed by atoms with E-state index in [9.17, 15) is 0 Å². The molecule has 0 heterocycles. The molecule has 1 rings (SSSR count). The van der Waals surface area contributed by atoms with Crippen LogP contribution in [0.2, 0.25) is 0 Å². The number of nitrogens with two attached hydrogens (primary N) is 1. The molecular formula is C11H22N2. The summed E-state index contributed by atoms with van der Waals surface area (Å²) >= 11 is 0. The first-order valence-corrected chi connectivity index (χ1v) is 5.44. The maximum Gasteiger partial charge on any atom is 0.0966 e. The van der Waals surface area contributed by atoms with Gasteiger partial charge in [0.2, 0.25) is 0 Å². The Balaban J connectivity index is 2.47. The molecule has 0 amide bonds. The number of amidine groups is 1. The topological polar surface area (TPSA) is 38.4 Å². The minimum Gasteiger partial charge on any atom is -0.387 e. The highest BCUT2D eigenvalue weighted by molar-refractivity contribution is 5.82. The van der Waals surface area contributed by atoms with E-state index < -0.39 is 0 Å². The fourth-order valence-electron chi connectivity index (χ4n) is 1.93. The third-order valence-electron chi connectivity index (χ3n) is 3.03. The molecule has 2 nitrogen and oxygen atoms in total. The summed E-state index contributed by atoms with van der Waals surface area (Å²) in [4.78, 5) is 4.55. The van der Waals surface area contributed by atoms with Crippen molar-refractivity contribution in [3.05, 3.63) is 0 Å². The van der Waals surface area contributed by atoms with Gasteiger partial charge in [0, 0.05) is 5.92 Å². The molecule has 1 aliphatic rings. The van der Waals surface area contributed by atoms with Crippen molar-refractivity contribution < 1.29 is 0 Å². The predicted octanol–water partition coefficient (Wildman–Crippen LogP) is 2.58. The van der Waals surface area contributed by atoms with Crippen LogP contribution >= 0.6 is 0 Å². The third kappa shape index (κ3) is 3.02. The van der Waals surface area contributed by atoms with Gasteiger partial charge < -0.3 is 5.73 Å². The zero-order valence-electron chi connectivity index (χ0n) is 9.09. The molecule has 2 heteroatoms. The van der Waals surface area contributed by atoms with Crippen LogP contribution in [-0.2, 0) is 0 Å². The van der Waals surface area contributed by atoms with Crippen LogP contribution in [0.15, 0.2) is 4.99 Å². The molecule has 0 aromatic heterocycles. The summed E-state index contributed by atoms with van der Waals surface area (Å²) in [6.45, 7) is 6.39. The number of hydrogen-bond acceptors (Lipinski definition) is 1. The Bertz CT molecular complexity index is 179. The molecule has 0 spiro atoms. The molecule has 0 radical (unpaired) electrons. The Labute approximate surface area is 81.6 Å². The zero-order valence-corrected chi connectivity index (χ0v) is 9.09. The van der Waals surface area contributed by atoms with E-state index in [1.54, 1.807) is 0 Å². The number of aliphatic imine (C=N–C) groups is 1. The van der Waals surface area contributed by atoms with Crippen LogP contribution in [0.5, 0.6) is 0 Å². The minimum absolute atomic E-state index is 0.392. The van der Waals surface area contributed by atoms with Crippen LogP contribution in [-0.4, -0.2) is 11.9 Å². The lowest BCUT2D eigenvalue weighted by Crippen LogP contribution is -2.23. The molecule has 1 aliphatic carbocycles. The molecule has 0 saturated heterocycles. The first kappa shape index (κ1) is 10.6. The first-order chi connectivity index (χ1) is 6.11. The Kier molecular flexibility index (Phi) is 3.76. The second kappa shape index (κ2) is 4.64. The van der Waals surface area contributed by atoms with Crippen molar-refractivity contribution >= 4 is 5.84 Å². The summed E-state index contributed by atoms with van der Waals surface area (Å²) in [5.74, 6) is 2.00. The lowest BCUT2D eigenvalue weighted by molar-refractivity contribution is 0.458. The predicted molar refractivity (Wildman–Crippen MR) is 57.9 cm³/mol. The highest BCUT2D eigenvalue weighted by Crippen LogP contribution is 2.29.